The standard InChI is InChI=1S/C10H14N2O2/c1-6-4-5-8(11)9(7(6)2)12-10(13)14-3/h4-5H,11H2,1-3H3,(H,12,13). The van der Waals surface area contributed by atoms with E-state index in [1.165, 1.54) is 7.11 Å². The first kappa shape index (κ1) is 10.4. The lowest BCUT2D eigenvalue weighted by molar-refractivity contribution is 0.187. The summed E-state index contributed by atoms with van der Waals surface area (Å²) < 4.78 is 4.50. The minimum absolute atomic E-state index is 0.509. The molecule has 1 rings (SSSR count). The van der Waals surface area contributed by atoms with Gasteiger partial charge in [0.15, 0.2) is 0 Å². The minimum atomic E-state index is -0.509. The maximum absolute atomic E-state index is 11.0. The van der Waals surface area contributed by atoms with Crippen LogP contribution in [0.5, 0.6) is 0 Å². The number of nitrogens with two attached hydrogens (primary N) is 1. The SMILES string of the molecule is COC(=O)Nc1c(N)ccc(C)c1C. The van der Waals surface area contributed by atoms with E-state index in [1.54, 1.807) is 6.07 Å². The van der Waals surface area contributed by atoms with Crippen molar-refractivity contribution in [1.29, 1.82) is 0 Å². The average molecular weight is 194 g/mol. The molecule has 0 fully saturated rings. The fraction of sp³-hybridized carbons (Fsp3) is 0.300. The van der Waals surface area contributed by atoms with Crippen LogP contribution in [0, 0.1) is 13.8 Å². The van der Waals surface area contributed by atoms with Crippen LogP contribution in [0.3, 0.4) is 0 Å². The molecule has 4 nitrogen and oxygen atoms in total. The molecule has 0 aliphatic heterocycles. The Balaban J connectivity index is 3.06. The smallest absolute Gasteiger partial charge is 0.411 e. The van der Waals surface area contributed by atoms with Crippen LogP contribution in [-0.4, -0.2) is 13.2 Å². The number of nitrogens with one attached hydrogen (secondary N) is 1. The van der Waals surface area contributed by atoms with Gasteiger partial charge in [0.2, 0.25) is 0 Å². The second-order valence-corrected chi connectivity index (χ2v) is 3.09. The molecule has 3 N–H and O–H groups in total. The third-order valence-corrected chi connectivity index (χ3v) is 2.18. The number of carbonyl (C=O) groups excluding carboxylic acids is 1. The van der Waals surface area contributed by atoms with Gasteiger partial charge in [-0.05, 0) is 31.0 Å². The Labute approximate surface area is 83.1 Å². The molecule has 1 amide bonds. The van der Waals surface area contributed by atoms with E-state index in [0.717, 1.165) is 11.1 Å². The van der Waals surface area contributed by atoms with Crippen molar-refractivity contribution in [3.63, 3.8) is 0 Å². The molecule has 0 spiro atoms. The van der Waals surface area contributed by atoms with Crippen molar-refractivity contribution in [3.8, 4) is 0 Å². The van der Waals surface area contributed by atoms with E-state index >= 15 is 0 Å². The Bertz CT molecular complexity index is 361. The highest BCUT2D eigenvalue weighted by Crippen LogP contribution is 2.25. The van der Waals surface area contributed by atoms with Crippen molar-refractivity contribution in [2.75, 3.05) is 18.2 Å². The molecule has 0 aliphatic carbocycles. The third-order valence-electron chi connectivity index (χ3n) is 2.18. The molecule has 0 aliphatic rings. The van der Waals surface area contributed by atoms with Crippen molar-refractivity contribution in [2.24, 2.45) is 0 Å². The van der Waals surface area contributed by atoms with Gasteiger partial charge in [0, 0.05) is 0 Å². The lowest BCUT2D eigenvalue weighted by atomic mass is 10.1. The molecule has 0 heterocycles. The number of amides is 1. The Morgan fingerprint density at radius 3 is 2.64 bits per heavy atom. The molecule has 0 bridgehead atoms. The van der Waals surface area contributed by atoms with Crippen molar-refractivity contribution in [1.82, 2.24) is 0 Å². The molecule has 0 saturated carbocycles. The molecule has 0 unspecified atom stereocenters. The van der Waals surface area contributed by atoms with Crippen LogP contribution in [0.25, 0.3) is 0 Å². The van der Waals surface area contributed by atoms with Crippen LogP contribution in [0.4, 0.5) is 16.2 Å². The topological polar surface area (TPSA) is 64.3 Å². The first-order valence-electron chi connectivity index (χ1n) is 4.27. The molecule has 1 aromatic carbocycles. The Morgan fingerprint density at radius 1 is 1.43 bits per heavy atom. The number of anilines is 2. The molecule has 4 heteroatoms. The predicted octanol–water partition coefficient (Wildman–Crippen LogP) is 2.06. The van der Waals surface area contributed by atoms with Gasteiger partial charge in [-0.25, -0.2) is 4.79 Å². The molecule has 1 aromatic rings. The molecular formula is C10H14N2O2. The lowest BCUT2D eigenvalue weighted by Crippen LogP contribution is -2.13. The lowest BCUT2D eigenvalue weighted by Gasteiger charge is -2.12. The summed E-state index contributed by atoms with van der Waals surface area (Å²) in [7, 11) is 1.32. The second-order valence-electron chi connectivity index (χ2n) is 3.09. The summed E-state index contributed by atoms with van der Waals surface area (Å²) in [5.41, 5.74) is 8.91. The molecule has 0 aromatic heterocycles. The summed E-state index contributed by atoms with van der Waals surface area (Å²) in [4.78, 5) is 11.0. The fourth-order valence-corrected chi connectivity index (χ4v) is 1.16. The number of carbonyl (C=O) groups is 1. The molecule has 0 saturated heterocycles. The van der Waals surface area contributed by atoms with E-state index in [4.69, 9.17) is 5.73 Å². The zero-order chi connectivity index (χ0) is 10.7. The Hall–Kier alpha value is -1.71. The highest BCUT2D eigenvalue weighted by Gasteiger charge is 2.08. The molecule has 14 heavy (non-hydrogen) atoms. The number of rotatable bonds is 1. The number of aryl methyl sites for hydroxylation is 1. The van der Waals surface area contributed by atoms with Crippen LogP contribution >= 0.6 is 0 Å². The summed E-state index contributed by atoms with van der Waals surface area (Å²) in [5.74, 6) is 0. The Kier molecular flexibility index (Phi) is 2.96. The molecular weight excluding hydrogens is 180 g/mol. The number of hydrogen-bond acceptors (Lipinski definition) is 3. The first-order valence-corrected chi connectivity index (χ1v) is 4.27. The molecule has 0 radical (unpaired) electrons. The summed E-state index contributed by atoms with van der Waals surface area (Å²) in [5, 5.41) is 2.58. The zero-order valence-electron chi connectivity index (χ0n) is 8.55. The first-order chi connectivity index (χ1) is 6.56. The second kappa shape index (κ2) is 4.00. The van der Waals surface area contributed by atoms with Gasteiger partial charge in [0.1, 0.15) is 0 Å². The fourth-order valence-electron chi connectivity index (χ4n) is 1.16. The van der Waals surface area contributed by atoms with Crippen molar-refractivity contribution in [3.05, 3.63) is 23.3 Å². The number of benzene rings is 1. The predicted molar refractivity (Wildman–Crippen MR) is 56.4 cm³/mol. The van der Waals surface area contributed by atoms with Crippen LogP contribution in [0.2, 0.25) is 0 Å². The van der Waals surface area contributed by atoms with E-state index in [1.807, 2.05) is 19.9 Å². The van der Waals surface area contributed by atoms with Crippen molar-refractivity contribution < 1.29 is 9.53 Å². The van der Waals surface area contributed by atoms with Gasteiger partial charge in [-0.1, -0.05) is 6.07 Å². The summed E-state index contributed by atoms with van der Waals surface area (Å²) in [6.07, 6.45) is -0.509. The van der Waals surface area contributed by atoms with Gasteiger partial charge in [0.05, 0.1) is 18.5 Å². The number of nitrogen functional groups attached to an aromatic ring is 1. The minimum Gasteiger partial charge on any atom is -0.453 e. The van der Waals surface area contributed by atoms with E-state index in [9.17, 15) is 4.79 Å². The number of methoxy groups -OCH3 is 1. The zero-order valence-corrected chi connectivity index (χ0v) is 8.55. The monoisotopic (exact) mass is 194 g/mol. The number of hydrogen-bond donors (Lipinski definition) is 2. The Morgan fingerprint density at radius 2 is 2.07 bits per heavy atom. The summed E-state index contributed by atoms with van der Waals surface area (Å²) >= 11 is 0. The van der Waals surface area contributed by atoms with Gasteiger partial charge < -0.3 is 10.5 Å². The van der Waals surface area contributed by atoms with Crippen LogP contribution in [0.15, 0.2) is 12.1 Å². The molecule has 76 valence electrons. The van der Waals surface area contributed by atoms with E-state index < -0.39 is 6.09 Å². The van der Waals surface area contributed by atoms with Gasteiger partial charge in [-0.2, -0.15) is 0 Å². The van der Waals surface area contributed by atoms with Gasteiger partial charge in [-0.3, -0.25) is 5.32 Å². The van der Waals surface area contributed by atoms with E-state index in [0.29, 0.717) is 11.4 Å². The summed E-state index contributed by atoms with van der Waals surface area (Å²) in [6.45, 7) is 3.86. The molecule has 0 atom stereocenters. The maximum Gasteiger partial charge on any atom is 0.411 e. The van der Waals surface area contributed by atoms with Crippen LogP contribution < -0.4 is 11.1 Å². The number of ether oxygens (including phenoxy) is 1. The third kappa shape index (κ3) is 1.96. The van der Waals surface area contributed by atoms with Gasteiger partial charge in [-0.15, -0.1) is 0 Å². The maximum atomic E-state index is 11.0. The van der Waals surface area contributed by atoms with Crippen molar-refractivity contribution in [2.45, 2.75) is 13.8 Å². The van der Waals surface area contributed by atoms with Crippen molar-refractivity contribution >= 4 is 17.5 Å². The largest absolute Gasteiger partial charge is 0.453 e. The quantitative estimate of drug-likeness (QED) is 0.672. The van der Waals surface area contributed by atoms with E-state index in [-0.39, 0.29) is 0 Å². The highest BCUT2D eigenvalue weighted by atomic mass is 16.5. The van der Waals surface area contributed by atoms with E-state index in [2.05, 4.69) is 10.1 Å². The van der Waals surface area contributed by atoms with Gasteiger partial charge >= 0.3 is 6.09 Å². The average Bonchev–Trinajstić information content (AvgIpc) is 2.18. The van der Waals surface area contributed by atoms with Crippen LogP contribution in [0.1, 0.15) is 11.1 Å². The van der Waals surface area contributed by atoms with Crippen LogP contribution in [-0.2, 0) is 4.74 Å². The van der Waals surface area contributed by atoms with Gasteiger partial charge in [0.25, 0.3) is 0 Å². The normalized spacial score (nSPS) is 9.64. The highest BCUT2D eigenvalue weighted by molar-refractivity contribution is 5.90. The summed E-state index contributed by atoms with van der Waals surface area (Å²) in [6, 6.07) is 3.67.